The minimum absolute atomic E-state index is 0.0181. The SMILES string of the molecule is Cc1ccc(C(=O)N2CCc3ccccc3C2)c(Cl)c1. The topological polar surface area (TPSA) is 20.3 Å². The van der Waals surface area contributed by atoms with Gasteiger partial charge in [-0.15, -0.1) is 0 Å². The van der Waals surface area contributed by atoms with Crippen LogP contribution in [0.25, 0.3) is 0 Å². The minimum Gasteiger partial charge on any atom is -0.334 e. The van der Waals surface area contributed by atoms with E-state index in [-0.39, 0.29) is 5.91 Å². The van der Waals surface area contributed by atoms with Crippen molar-refractivity contribution in [1.82, 2.24) is 4.90 Å². The van der Waals surface area contributed by atoms with Gasteiger partial charge >= 0.3 is 0 Å². The second kappa shape index (κ2) is 5.29. The molecule has 1 heterocycles. The maximum absolute atomic E-state index is 12.6. The lowest BCUT2D eigenvalue weighted by Gasteiger charge is -2.29. The maximum Gasteiger partial charge on any atom is 0.255 e. The molecule has 3 rings (SSSR count). The fraction of sp³-hybridized carbons (Fsp3) is 0.235. The predicted octanol–water partition coefficient (Wildman–Crippen LogP) is 3.85. The number of carbonyl (C=O) groups is 1. The number of fused-ring (bicyclic) bond motifs is 1. The first-order valence-corrected chi connectivity index (χ1v) is 7.15. The van der Waals surface area contributed by atoms with Crippen molar-refractivity contribution >= 4 is 17.5 Å². The summed E-state index contributed by atoms with van der Waals surface area (Å²) in [6, 6.07) is 13.9. The van der Waals surface area contributed by atoms with Gasteiger partial charge in [-0.25, -0.2) is 0 Å². The Morgan fingerprint density at radius 1 is 1.15 bits per heavy atom. The van der Waals surface area contributed by atoms with Crippen LogP contribution in [-0.2, 0) is 13.0 Å². The van der Waals surface area contributed by atoms with Crippen LogP contribution in [0.2, 0.25) is 5.02 Å². The Labute approximate surface area is 124 Å². The summed E-state index contributed by atoms with van der Waals surface area (Å²) in [5.74, 6) is 0.0181. The van der Waals surface area contributed by atoms with Crippen molar-refractivity contribution in [1.29, 1.82) is 0 Å². The minimum atomic E-state index is 0.0181. The molecular formula is C17H16ClNO. The Kier molecular flexibility index (Phi) is 3.49. The largest absolute Gasteiger partial charge is 0.334 e. The molecule has 3 heteroatoms. The molecule has 0 fully saturated rings. The van der Waals surface area contributed by atoms with Crippen LogP contribution >= 0.6 is 11.6 Å². The molecule has 2 nitrogen and oxygen atoms in total. The van der Waals surface area contributed by atoms with Crippen LogP contribution in [0.3, 0.4) is 0 Å². The van der Waals surface area contributed by atoms with E-state index in [1.807, 2.05) is 42.2 Å². The number of carbonyl (C=O) groups excluding carboxylic acids is 1. The van der Waals surface area contributed by atoms with Crippen molar-refractivity contribution in [3.63, 3.8) is 0 Å². The average molecular weight is 286 g/mol. The van der Waals surface area contributed by atoms with Gasteiger partial charge in [0.2, 0.25) is 0 Å². The third-order valence-corrected chi connectivity index (χ3v) is 4.09. The Morgan fingerprint density at radius 2 is 1.90 bits per heavy atom. The normalized spacial score (nSPS) is 14.0. The maximum atomic E-state index is 12.6. The summed E-state index contributed by atoms with van der Waals surface area (Å²) >= 11 is 6.20. The van der Waals surface area contributed by atoms with Gasteiger partial charge in [0.25, 0.3) is 5.91 Å². The second-order valence-corrected chi connectivity index (χ2v) is 5.64. The van der Waals surface area contributed by atoms with E-state index >= 15 is 0 Å². The van der Waals surface area contributed by atoms with E-state index in [1.165, 1.54) is 11.1 Å². The third kappa shape index (κ3) is 2.44. The van der Waals surface area contributed by atoms with Crippen molar-refractivity contribution in [3.8, 4) is 0 Å². The van der Waals surface area contributed by atoms with Gasteiger partial charge in [-0.05, 0) is 42.2 Å². The fourth-order valence-electron chi connectivity index (χ4n) is 2.63. The first kappa shape index (κ1) is 13.2. The van der Waals surface area contributed by atoms with Crippen molar-refractivity contribution in [2.75, 3.05) is 6.54 Å². The molecule has 2 aromatic rings. The molecule has 1 aliphatic rings. The number of benzene rings is 2. The van der Waals surface area contributed by atoms with Crippen LogP contribution in [0.15, 0.2) is 42.5 Å². The lowest BCUT2D eigenvalue weighted by atomic mass is 9.99. The first-order chi connectivity index (χ1) is 9.65. The molecule has 2 aromatic carbocycles. The molecule has 0 atom stereocenters. The highest BCUT2D eigenvalue weighted by Crippen LogP contribution is 2.24. The van der Waals surface area contributed by atoms with Crippen molar-refractivity contribution < 1.29 is 4.79 Å². The van der Waals surface area contributed by atoms with Crippen LogP contribution < -0.4 is 0 Å². The van der Waals surface area contributed by atoms with Crippen molar-refractivity contribution in [2.24, 2.45) is 0 Å². The van der Waals surface area contributed by atoms with Crippen LogP contribution in [-0.4, -0.2) is 17.4 Å². The van der Waals surface area contributed by atoms with Gasteiger partial charge in [0.05, 0.1) is 10.6 Å². The lowest BCUT2D eigenvalue weighted by molar-refractivity contribution is 0.0735. The molecule has 1 aliphatic heterocycles. The summed E-state index contributed by atoms with van der Waals surface area (Å²) in [4.78, 5) is 14.5. The number of rotatable bonds is 1. The monoisotopic (exact) mass is 285 g/mol. The van der Waals surface area contributed by atoms with E-state index in [2.05, 4.69) is 12.1 Å². The van der Waals surface area contributed by atoms with E-state index in [9.17, 15) is 4.79 Å². The molecule has 0 unspecified atom stereocenters. The van der Waals surface area contributed by atoms with Gasteiger partial charge in [-0.1, -0.05) is 41.9 Å². The number of hydrogen-bond acceptors (Lipinski definition) is 1. The fourth-order valence-corrected chi connectivity index (χ4v) is 2.95. The van der Waals surface area contributed by atoms with Gasteiger partial charge in [-0.2, -0.15) is 0 Å². The third-order valence-electron chi connectivity index (χ3n) is 3.77. The average Bonchev–Trinajstić information content (AvgIpc) is 2.46. The highest BCUT2D eigenvalue weighted by Gasteiger charge is 2.22. The predicted molar refractivity (Wildman–Crippen MR) is 81.1 cm³/mol. The van der Waals surface area contributed by atoms with Crippen LogP contribution in [0.4, 0.5) is 0 Å². The lowest BCUT2D eigenvalue weighted by Crippen LogP contribution is -2.36. The van der Waals surface area contributed by atoms with E-state index in [0.717, 1.165) is 18.5 Å². The number of hydrogen-bond donors (Lipinski definition) is 0. The molecule has 0 spiro atoms. The van der Waals surface area contributed by atoms with E-state index in [1.54, 1.807) is 0 Å². The molecule has 0 N–H and O–H groups in total. The standard InChI is InChI=1S/C17H16ClNO/c1-12-6-7-15(16(18)10-12)17(20)19-9-8-13-4-2-3-5-14(13)11-19/h2-7,10H,8-9,11H2,1H3. The molecule has 1 amide bonds. The Balaban J connectivity index is 1.86. The number of aryl methyl sites for hydroxylation is 1. The molecule has 0 aliphatic carbocycles. The smallest absolute Gasteiger partial charge is 0.255 e. The summed E-state index contributed by atoms with van der Waals surface area (Å²) in [7, 11) is 0. The molecular weight excluding hydrogens is 270 g/mol. The van der Waals surface area contributed by atoms with Gasteiger partial charge in [0.15, 0.2) is 0 Å². The Hall–Kier alpha value is -1.80. The Morgan fingerprint density at radius 3 is 2.65 bits per heavy atom. The zero-order valence-electron chi connectivity index (χ0n) is 11.4. The first-order valence-electron chi connectivity index (χ1n) is 6.77. The summed E-state index contributed by atoms with van der Waals surface area (Å²) in [6.45, 7) is 3.39. The molecule has 0 saturated carbocycles. The highest BCUT2D eigenvalue weighted by atomic mass is 35.5. The molecule has 0 aromatic heterocycles. The molecule has 0 bridgehead atoms. The van der Waals surface area contributed by atoms with Crippen LogP contribution in [0, 0.1) is 6.92 Å². The quantitative estimate of drug-likeness (QED) is 0.779. The summed E-state index contributed by atoms with van der Waals surface area (Å²) in [5, 5.41) is 0.536. The number of amides is 1. The molecule has 20 heavy (non-hydrogen) atoms. The van der Waals surface area contributed by atoms with Gasteiger partial charge in [0, 0.05) is 13.1 Å². The zero-order valence-corrected chi connectivity index (χ0v) is 12.2. The van der Waals surface area contributed by atoms with Gasteiger partial charge < -0.3 is 4.90 Å². The highest BCUT2D eigenvalue weighted by molar-refractivity contribution is 6.33. The second-order valence-electron chi connectivity index (χ2n) is 5.23. The zero-order chi connectivity index (χ0) is 14.1. The summed E-state index contributed by atoms with van der Waals surface area (Å²) < 4.78 is 0. The van der Waals surface area contributed by atoms with Crippen LogP contribution in [0.5, 0.6) is 0 Å². The summed E-state index contributed by atoms with van der Waals surface area (Å²) in [5.41, 5.74) is 4.23. The molecule has 0 radical (unpaired) electrons. The number of halogens is 1. The van der Waals surface area contributed by atoms with E-state index in [0.29, 0.717) is 17.1 Å². The molecule has 0 saturated heterocycles. The summed E-state index contributed by atoms with van der Waals surface area (Å²) in [6.07, 6.45) is 0.908. The number of nitrogens with zero attached hydrogens (tertiary/aromatic N) is 1. The van der Waals surface area contributed by atoms with Crippen molar-refractivity contribution in [2.45, 2.75) is 19.9 Å². The van der Waals surface area contributed by atoms with E-state index < -0.39 is 0 Å². The van der Waals surface area contributed by atoms with Gasteiger partial charge in [-0.3, -0.25) is 4.79 Å². The van der Waals surface area contributed by atoms with Gasteiger partial charge in [0.1, 0.15) is 0 Å². The Bertz CT molecular complexity index is 666. The van der Waals surface area contributed by atoms with E-state index in [4.69, 9.17) is 11.6 Å². The van der Waals surface area contributed by atoms with Crippen LogP contribution in [0.1, 0.15) is 27.0 Å². The van der Waals surface area contributed by atoms with Crippen molar-refractivity contribution in [3.05, 3.63) is 69.7 Å². The molecule has 102 valence electrons.